The van der Waals surface area contributed by atoms with Crippen LogP contribution in [0.1, 0.15) is 24.8 Å². The Morgan fingerprint density at radius 2 is 1.96 bits per heavy atom. The van der Waals surface area contributed by atoms with Crippen molar-refractivity contribution in [1.29, 1.82) is 0 Å². The van der Waals surface area contributed by atoms with Gasteiger partial charge in [-0.15, -0.1) is 0 Å². The zero-order valence-corrected chi connectivity index (χ0v) is 13.1. The molecule has 1 amide bonds. The number of carbonyl (C=O) groups excluding carboxylic acids is 1. The molecule has 1 aliphatic rings. The number of likely N-dealkylation sites (tertiary alicyclic amines) is 1. The molecule has 0 atom stereocenters. The third-order valence-corrected chi connectivity index (χ3v) is 4.00. The highest BCUT2D eigenvalue weighted by Gasteiger charge is 2.23. The average molecular weight is 321 g/mol. The minimum Gasteiger partial charge on any atom is -0.378 e. The maximum atomic E-state index is 12.3. The summed E-state index contributed by atoms with van der Waals surface area (Å²) >= 11 is 0. The van der Waals surface area contributed by atoms with Crippen molar-refractivity contribution in [3.8, 4) is 0 Å². The Balaban J connectivity index is 1.77. The lowest BCUT2D eigenvalue weighted by Gasteiger charge is -2.32. The van der Waals surface area contributed by atoms with E-state index < -0.39 is 4.92 Å². The van der Waals surface area contributed by atoms with Crippen molar-refractivity contribution >= 4 is 11.6 Å². The highest BCUT2D eigenvalue weighted by Crippen LogP contribution is 2.17. The monoisotopic (exact) mass is 321 g/mol. The standard InChI is InChI=1S/C16H23N3O4/c17-8-1-11-23-15-6-9-18(10-7-15)16(20)12-13-2-4-14(5-3-13)19(21)22/h2-5,15H,1,6-12,17H2. The number of carbonyl (C=O) groups is 1. The van der Waals surface area contributed by atoms with Crippen molar-refractivity contribution in [2.24, 2.45) is 5.73 Å². The van der Waals surface area contributed by atoms with Gasteiger partial charge in [0.15, 0.2) is 0 Å². The molecule has 0 radical (unpaired) electrons. The Labute approximate surface area is 135 Å². The van der Waals surface area contributed by atoms with Gasteiger partial charge in [0, 0.05) is 31.8 Å². The third-order valence-electron chi connectivity index (χ3n) is 4.00. The average Bonchev–Trinajstić information content (AvgIpc) is 2.56. The van der Waals surface area contributed by atoms with Gasteiger partial charge in [-0.25, -0.2) is 0 Å². The molecule has 1 heterocycles. The summed E-state index contributed by atoms with van der Waals surface area (Å²) in [7, 11) is 0. The fraction of sp³-hybridized carbons (Fsp3) is 0.562. The summed E-state index contributed by atoms with van der Waals surface area (Å²) in [5.41, 5.74) is 6.27. The van der Waals surface area contributed by atoms with E-state index in [1.54, 1.807) is 12.1 Å². The number of nitrogens with two attached hydrogens (primary N) is 1. The van der Waals surface area contributed by atoms with E-state index in [0.717, 1.165) is 24.8 Å². The van der Waals surface area contributed by atoms with E-state index in [1.165, 1.54) is 12.1 Å². The van der Waals surface area contributed by atoms with Crippen LogP contribution in [0, 0.1) is 10.1 Å². The van der Waals surface area contributed by atoms with Gasteiger partial charge < -0.3 is 15.4 Å². The van der Waals surface area contributed by atoms with Gasteiger partial charge in [0.05, 0.1) is 17.4 Å². The minimum atomic E-state index is -0.443. The molecule has 1 aromatic rings. The van der Waals surface area contributed by atoms with Gasteiger partial charge >= 0.3 is 0 Å². The maximum absolute atomic E-state index is 12.3. The van der Waals surface area contributed by atoms with Crippen LogP contribution >= 0.6 is 0 Å². The van der Waals surface area contributed by atoms with Crippen LogP contribution < -0.4 is 5.73 Å². The molecule has 1 aromatic carbocycles. The Kier molecular flexibility index (Phi) is 6.49. The first-order chi connectivity index (χ1) is 11.1. The second kappa shape index (κ2) is 8.59. The predicted molar refractivity (Wildman–Crippen MR) is 86.0 cm³/mol. The lowest BCUT2D eigenvalue weighted by Crippen LogP contribution is -2.41. The number of amides is 1. The van der Waals surface area contributed by atoms with Gasteiger partial charge in [-0.05, 0) is 31.4 Å². The molecule has 0 aromatic heterocycles. The summed E-state index contributed by atoms with van der Waals surface area (Å²) in [5, 5.41) is 10.6. The topological polar surface area (TPSA) is 98.7 Å². The molecule has 23 heavy (non-hydrogen) atoms. The number of rotatable bonds is 7. The molecule has 0 saturated carbocycles. The van der Waals surface area contributed by atoms with E-state index in [1.807, 2.05) is 4.90 Å². The number of hydrogen-bond donors (Lipinski definition) is 1. The quantitative estimate of drug-likeness (QED) is 0.466. The first kappa shape index (κ1) is 17.4. The Morgan fingerprint density at radius 1 is 1.30 bits per heavy atom. The second-order valence-electron chi connectivity index (χ2n) is 5.69. The number of hydrogen-bond acceptors (Lipinski definition) is 5. The van der Waals surface area contributed by atoms with Crippen LogP contribution in [0.4, 0.5) is 5.69 Å². The highest BCUT2D eigenvalue weighted by atomic mass is 16.6. The number of nitro benzene ring substituents is 1. The fourth-order valence-electron chi connectivity index (χ4n) is 2.63. The second-order valence-corrected chi connectivity index (χ2v) is 5.69. The van der Waals surface area contributed by atoms with Crippen molar-refractivity contribution in [3.05, 3.63) is 39.9 Å². The zero-order valence-electron chi connectivity index (χ0n) is 13.1. The van der Waals surface area contributed by atoms with Gasteiger partial charge in [0.2, 0.25) is 5.91 Å². The molecular formula is C16H23N3O4. The van der Waals surface area contributed by atoms with Crippen LogP contribution in [0.25, 0.3) is 0 Å². The Bertz CT molecular complexity index is 525. The summed E-state index contributed by atoms with van der Waals surface area (Å²) < 4.78 is 5.72. The molecule has 0 aliphatic carbocycles. The van der Waals surface area contributed by atoms with Gasteiger partial charge in [-0.3, -0.25) is 14.9 Å². The molecule has 7 heteroatoms. The first-order valence-corrected chi connectivity index (χ1v) is 7.93. The summed E-state index contributed by atoms with van der Waals surface area (Å²) in [5.74, 6) is 0.0549. The normalized spacial score (nSPS) is 15.6. The van der Waals surface area contributed by atoms with E-state index in [0.29, 0.717) is 26.2 Å². The van der Waals surface area contributed by atoms with E-state index >= 15 is 0 Å². The molecule has 1 saturated heterocycles. The number of non-ortho nitro benzene ring substituents is 1. The summed E-state index contributed by atoms with van der Waals surface area (Å²) in [4.78, 5) is 24.3. The van der Waals surface area contributed by atoms with Crippen LogP contribution in [0.15, 0.2) is 24.3 Å². The molecule has 126 valence electrons. The van der Waals surface area contributed by atoms with E-state index in [4.69, 9.17) is 10.5 Å². The van der Waals surface area contributed by atoms with E-state index in [2.05, 4.69) is 0 Å². The van der Waals surface area contributed by atoms with Crippen molar-refractivity contribution < 1.29 is 14.5 Å². The van der Waals surface area contributed by atoms with Crippen molar-refractivity contribution in [2.75, 3.05) is 26.2 Å². The molecule has 0 unspecified atom stereocenters. The third kappa shape index (κ3) is 5.30. The van der Waals surface area contributed by atoms with Crippen LogP contribution in [0.5, 0.6) is 0 Å². The summed E-state index contributed by atoms with van der Waals surface area (Å²) in [6, 6.07) is 6.14. The number of nitro groups is 1. The number of ether oxygens (including phenoxy) is 1. The molecule has 2 N–H and O–H groups in total. The highest BCUT2D eigenvalue weighted by molar-refractivity contribution is 5.79. The van der Waals surface area contributed by atoms with Crippen LogP contribution in [-0.4, -0.2) is 48.1 Å². The van der Waals surface area contributed by atoms with Crippen LogP contribution in [0.3, 0.4) is 0 Å². The van der Waals surface area contributed by atoms with Crippen molar-refractivity contribution in [3.63, 3.8) is 0 Å². The predicted octanol–water partition coefficient (Wildman–Crippen LogP) is 1.49. The van der Waals surface area contributed by atoms with Gasteiger partial charge in [-0.1, -0.05) is 12.1 Å². The van der Waals surface area contributed by atoms with Crippen molar-refractivity contribution in [1.82, 2.24) is 4.90 Å². The zero-order chi connectivity index (χ0) is 16.7. The fourth-order valence-corrected chi connectivity index (χ4v) is 2.63. The molecule has 7 nitrogen and oxygen atoms in total. The smallest absolute Gasteiger partial charge is 0.269 e. The lowest BCUT2D eigenvalue weighted by molar-refractivity contribution is -0.384. The van der Waals surface area contributed by atoms with Crippen molar-refractivity contribution in [2.45, 2.75) is 31.8 Å². The minimum absolute atomic E-state index is 0.0386. The molecule has 0 bridgehead atoms. The Hall–Kier alpha value is -1.99. The summed E-state index contributed by atoms with van der Waals surface area (Å²) in [6.07, 6.45) is 3.04. The summed E-state index contributed by atoms with van der Waals surface area (Å²) in [6.45, 7) is 2.70. The van der Waals surface area contributed by atoms with Crippen LogP contribution in [-0.2, 0) is 16.0 Å². The number of benzene rings is 1. The molecule has 2 rings (SSSR count). The SMILES string of the molecule is NCCCOC1CCN(C(=O)Cc2ccc([N+](=O)[O-])cc2)CC1. The first-order valence-electron chi connectivity index (χ1n) is 7.93. The van der Waals surface area contributed by atoms with Gasteiger partial charge in [0.25, 0.3) is 5.69 Å². The van der Waals surface area contributed by atoms with E-state index in [-0.39, 0.29) is 24.1 Å². The lowest BCUT2D eigenvalue weighted by atomic mass is 10.1. The van der Waals surface area contributed by atoms with Gasteiger partial charge in [0.1, 0.15) is 0 Å². The molecule has 1 fully saturated rings. The largest absolute Gasteiger partial charge is 0.378 e. The van der Waals surface area contributed by atoms with Gasteiger partial charge in [-0.2, -0.15) is 0 Å². The number of nitrogens with zero attached hydrogens (tertiary/aromatic N) is 2. The molecule has 1 aliphatic heterocycles. The van der Waals surface area contributed by atoms with Crippen LogP contribution in [0.2, 0.25) is 0 Å². The molecule has 0 spiro atoms. The Morgan fingerprint density at radius 3 is 2.52 bits per heavy atom. The number of piperidine rings is 1. The molecular weight excluding hydrogens is 298 g/mol. The maximum Gasteiger partial charge on any atom is 0.269 e. The van der Waals surface area contributed by atoms with E-state index in [9.17, 15) is 14.9 Å².